The molecule has 0 aliphatic heterocycles. The second-order valence-corrected chi connectivity index (χ2v) is 5.63. The van der Waals surface area contributed by atoms with E-state index in [1.165, 1.54) is 23.1 Å². The van der Waals surface area contributed by atoms with Crippen molar-refractivity contribution < 1.29 is 0 Å². The van der Waals surface area contributed by atoms with Crippen LogP contribution in [0.25, 0.3) is 10.2 Å². The Kier molecular flexibility index (Phi) is 1.88. The van der Waals surface area contributed by atoms with E-state index in [1.807, 2.05) is 0 Å². The number of nitrogens with zero attached hydrogens (tertiary/aromatic N) is 1. The molecule has 0 unspecified atom stereocenters. The quantitative estimate of drug-likeness (QED) is 0.841. The van der Waals surface area contributed by atoms with Crippen molar-refractivity contribution in [2.45, 2.75) is 25.2 Å². The van der Waals surface area contributed by atoms with Gasteiger partial charge >= 0.3 is 0 Å². The molecule has 0 saturated heterocycles. The van der Waals surface area contributed by atoms with Crippen molar-refractivity contribution in [3.63, 3.8) is 0 Å². The topological polar surface area (TPSA) is 38.9 Å². The van der Waals surface area contributed by atoms with Gasteiger partial charge in [-0.15, -0.1) is 11.3 Å². The summed E-state index contributed by atoms with van der Waals surface area (Å²) in [5.41, 5.74) is 8.63. The predicted molar refractivity (Wildman–Crippen MR) is 64.3 cm³/mol. The third kappa shape index (κ3) is 1.38. The SMILES string of the molecule is Cc1nc2cc(C3(CN)CC3)ccc2s1. The van der Waals surface area contributed by atoms with Crippen LogP contribution in [0.15, 0.2) is 18.2 Å². The van der Waals surface area contributed by atoms with Gasteiger partial charge in [-0.25, -0.2) is 4.98 Å². The number of thiazole rings is 1. The Morgan fingerprint density at radius 3 is 2.93 bits per heavy atom. The molecule has 0 atom stereocenters. The van der Waals surface area contributed by atoms with Gasteiger partial charge in [-0.2, -0.15) is 0 Å². The molecule has 15 heavy (non-hydrogen) atoms. The molecule has 1 heterocycles. The van der Waals surface area contributed by atoms with Gasteiger partial charge in [0.25, 0.3) is 0 Å². The zero-order chi connectivity index (χ0) is 10.5. The highest BCUT2D eigenvalue weighted by Gasteiger charge is 2.42. The Hall–Kier alpha value is -0.930. The first-order chi connectivity index (χ1) is 7.23. The van der Waals surface area contributed by atoms with E-state index in [-0.39, 0.29) is 5.41 Å². The highest BCUT2D eigenvalue weighted by atomic mass is 32.1. The van der Waals surface area contributed by atoms with E-state index in [0.717, 1.165) is 17.1 Å². The van der Waals surface area contributed by atoms with Gasteiger partial charge in [0.15, 0.2) is 0 Å². The lowest BCUT2D eigenvalue weighted by Gasteiger charge is -2.11. The lowest BCUT2D eigenvalue weighted by atomic mass is 9.96. The molecule has 0 bridgehead atoms. The standard InChI is InChI=1S/C12H14N2S/c1-8-14-10-6-9(2-3-11(10)15-8)12(7-13)4-5-12/h2-3,6H,4-5,7,13H2,1H3. The molecule has 1 aromatic carbocycles. The number of aromatic nitrogens is 1. The van der Waals surface area contributed by atoms with E-state index in [1.54, 1.807) is 11.3 Å². The van der Waals surface area contributed by atoms with Crippen LogP contribution in [0.5, 0.6) is 0 Å². The summed E-state index contributed by atoms with van der Waals surface area (Å²) in [6.07, 6.45) is 2.47. The van der Waals surface area contributed by atoms with Crippen LogP contribution < -0.4 is 5.73 Å². The van der Waals surface area contributed by atoms with E-state index in [2.05, 4.69) is 30.1 Å². The Bertz CT molecular complexity index is 511. The van der Waals surface area contributed by atoms with Crippen LogP contribution in [0, 0.1) is 6.92 Å². The van der Waals surface area contributed by atoms with Crippen molar-refractivity contribution in [2.75, 3.05) is 6.54 Å². The average Bonchev–Trinajstić information content (AvgIpc) is 2.94. The van der Waals surface area contributed by atoms with Crippen molar-refractivity contribution in [3.8, 4) is 0 Å². The van der Waals surface area contributed by atoms with Crippen LogP contribution in [0.1, 0.15) is 23.4 Å². The summed E-state index contributed by atoms with van der Waals surface area (Å²) in [7, 11) is 0. The Morgan fingerprint density at radius 2 is 2.27 bits per heavy atom. The van der Waals surface area contributed by atoms with Crippen molar-refractivity contribution >= 4 is 21.6 Å². The molecule has 1 aliphatic rings. The highest BCUT2D eigenvalue weighted by Crippen LogP contribution is 2.47. The maximum absolute atomic E-state index is 5.83. The third-order valence-electron chi connectivity index (χ3n) is 3.35. The number of fused-ring (bicyclic) bond motifs is 1. The maximum atomic E-state index is 5.83. The van der Waals surface area contributed by atoms with Crippen LogP contribution >= 0.6 is 11.3 Å². The van der Waals surface area contributed by atoms with Gasteiger partial charge in [-0.1, -0.05) is 6.07 Å². The van der Waals surface area contributed by atoms with Gasteiger partial charge in [-0.3, -0.25) is 0 Å². The number of hydrogen-bond donors (Lipinski definition) is 1. The monoisotopic (exact) mass is 218 g/mol. The minimum absolute atomic E-state index is 0.283. The normalized spacial score (nSPS) is 18.3. The lowest BCUT2D eigenvalue weighted by Crippen LogP contribution is -2.19. The fourth-order valence-electron chi connectivity index (χ4n) is 2.13. The van der Waals surface area contributed by atoms with E-state index in [9.17, 15) is 0 Å². The first-order valence-electron chi connectivity index (χ1n) is 5.31. The first kappa shape index (κ1) is 9.31. The van der Waals surface area contributed by atoms with Gasteiger partial charge in [0.1, 0.15) is 0 Å². The van der Waals surface area contributed by atoms with Gasteiger partial charge < -0.3 is 5.73 Å². The summed E-state index contributed by atoms with van der Waals surface area (Å²) in [6, 6.07) is 6.63. The molecule has 1 aromatic heterocycles. The van der Waals surface area contributed by atoms with Crippen LogP contribution in [0.4, 0.5) is 0 Å². The van der Waals surface area contributed by atoms with Gasteiger partial charge in [0.2, 0.25) is 0 Å². The number of hydrogen-bond acceptors (Lipinski definition) is 3. The van der Waals surface area contributed by atoms with E-state index in [4.69, 9.17) is 5.73 Å². The summed E-state index contributed by atoms with van der Waals surface area (Å²) in [6.45, 7) is 2.82. The molecule has 2 nitrogen and oxygen atoms in total. The second kappa shape index (κ2) is 3.03. The van der Waals surface area contributed by atoms with Crippen LogP contribution in [0.3, 0.4) is 0 Å². The Labute approximate surface area is 93.1 Å². The molecule has 3 heteroatoms. The highest BCUT2D eigenvalue weighted by molar-refractivity contribution is 7.18. The summed E-state index contributed by atoms with van der Waals surface area (Å²) in [4.78, 5) is 4.53. The molecule has 0 spiro atoms. The van der Waals surface area contributed by atoms with Crippen molar-refractivity contribution in [1.29, 1.82) is 0 Å². The molecule has 2 aromatic rings. The first-order valence-corrected chi connectivity index (χ1v) is 6.13. The Morgan fingerprint density at radius 1 is 1.47 bits per heavy atom. The predicted octanol–water partition coefficient (Wildman–Crippen LogP) is 2.60. The fraction of sp³-hybridized carbons (Fsp3) is 0.417. The average molecular weight is 218 g/mol. The van der Waals surface area contributed by atoms with Gasteiger partial charge in [0.05, 0.1) is 15.2 Å². The molecule has 2 N–H and O–H groups in total. The fourth-order valence-corrected chi connectivity index (χ4v) is 2.94. The number of benzene rings is 1. The van der Waals surface area contributed by atoms with E-state index in [0.29, 0.717) is 0 Å². The van der Waals surface area contributed by atoms with Crippen molar-refractivity contribution in [2.24, 2.45) is 5.73 Å². The lowest BCUT2D eigenvalue weighted by molar-refractivity contribution is 0.706. The smallest absolute Gasteiger partial charge is 0.0907 e. The van der Waals surface area contributed by atoms with Crippen LogP contribution in [-0.2, 0) is 5.41 Å². The summed E-state index contributed by atoms with van der Waals surface area (Å²) in [5, 5.41) is 1.14. The summed E-state index contributed by atoms with van der Waals surface area (Å²) < 4.78 is 1.28. The molecule has 1 saturated carbocycles. The number of nitrogens with two attached hydrogens (primary N) is 1. The molecule has 1 fully saturated rings. The third-order valence-corrected chi connectivity index (χ3v) is 4.30. The molecule has 3 rings (SSSR count). The van der Waals surface area contributed by atoms with Crippen molar-refractivity contribution in [1.82, 2.24) is 4.98 Å². The maximum Gasteiger partial charge on any atom is 0.0907 e. The zero-order valence-corrected chi connectivity index (χ0v) is 9.60. The molecule has 0 radical (unpaired) electrons. The molecular weight excluding hydrogens is 204 g/mol. The van der Waals surface area contributed by atoms with E-state index < -0.39 is 0 Å². The van der Waals surface area contributed by atoms with Crippen LogP contribution in [0.2, 0.25) is 0 Å². The second-order valence-electron chi connectivity index (χ2n) is 4.40. The minimum Gasteiger partial charge on any atom is -0.330 e. The van der Waals surface area contributed by atoms with E-state index >= 15 is 0 Å². The Balaban J connectivity index is 2.13. The largest absolute Gasteiger partial charge is 0.330 e. The minimum atomic E-state index is 0.283. The molecule has 0 amide bonds. The van der Waals surface area contributed by atoms with Gasteiger partial charge in [-0.05, 0) is 37.5 Å². The summed E-state index contributed by atoms with van der Waals surface area (Å²) in [5.74, 6) is 0. The molecular formula is C12H14N2S. The van der Waals surface area contributed by atoms with Crippen molar-refractivity contribution in [3.05, 3.63) is 28.8 Å². The molecule has 78 valence electrons. The number of aryl methyl sites for hydroxylation is 1. The number of rotatable bonds is 2. The van der Waals surface area contributed by atoms with Gasteiger partial charge in [0, 0.05) is 12.0 Å². The molecule has 1 aliphatic carbocycles. The summed E-state index contributed by atoms with van der Waals surface area (Å²) >= 11 is 1.76. The zero-order valence-electron chi connectivity index (χ0n) is 8.79. The van der Waals surface area contributed by atoms with Crippen LogP contribution in [-0.4, -0.2) is 11.5 Å².